The summed E-state index contributed by atoms with van der Waals surface area (Å²) in [6.45, 7) is 2.47. The molecule has 0 aliphatic carbocycles. The predicted octanol–water partition coefficient (Wildman–Crippen LogP) is 2.01. The van der Waals surface area contributed by atoms with Crippen LogP contribution in [-0.4, -0.2) is 51.3 Å². The molecule has 0 bridgehead atoms. The molecule has 0 unspecified atom stereocenters. The molecule has 0 fully saturated rings. The SMILES string of the molecule is COCCN1C(=O)C(=Cc2ccccc2OC)C(C(=O)OC)=C1C. The molecule has 1 aliphatic rings. The molecule has 1 aromatic rings. The van der Waals surface area contributed by atoms with Crippen LogP contribution >= 0.6 is 0 Å². The van der Waals surface area contributed by atoms with E-state index in [4.69, 9.17) is 14.2 Å². The number of rotatable bonds is 6. The zero-order valence-corrected chi connectivity index (χ0v) is 14.3. The monoisotopic (exact) mass is 331 g/mol. The fraction of sp³-hybridized carbons (Fsp3) is 0.333. The van der Waals surface area contributed by atoms with Gasteiger partial charge in [-0.3, -0.25) is 4.79 Å². The van der Waals surface area contributed by atoms with E-state index >= 15 is 0 Å². The van der Waals surface area contributed by atoms with Crippen molar-refractivity contribution in [3.8, 4) is 5.75 Å². The molecule has 0 atom stereocenters. The van der Waals surface area contributed by atoms with Gasteiger partial charge in [-0.25, -0.2) is 4.79 Å². The largest absolute Gasteiger partial charge is 0.496 e. The van der Waals surface area contributed by atoms with E-state index in [0.29, 0.717) is 35.7 Å². The minimum atomic E-state index is -0.540. The summed E-state index contributed by atoms with van der Waals surface area (Å²) in [6, 6.07) is 7.29. The number of amides is 1. The van der Waals surface area contributed by atoms with Crippen molar-refractivity contribution in [3.05, 3.63) is 46.7 Å². The Bertz CT molecular complexity index is 705. The maximum atomic E-state index is 12.8. The molecule has 0 saturated heterocycles. The zero-order chi connectivity index (χ0) is 17.7. The maximum Gasteiger partial charge on any atom is 0.340 e. The van der Waals surface area contributed by atoms with Gasteiger partial charge in [0.1, 0.15) is 5.75 Å². The number of carbonyl (C=O) groups is 2. The highest BCUT2D eigenvalue weighted by Crippen LogP contribution is 2.33. The third kappa shape index (κ3) is 3.33. The minimum absolute atomic E-state index is 0.254. The molecule has 6 heteroatoms. The molecule has 1 aromatic carbocycles. The summed E-state index contributed by atoms with van der Waals surface area (Å²) in [4.78, 5) is 26.5. The zero-order valence-electron chi connectivity index (χ0n) is 14.3. The number of hydrogen-bond acceptors (Lipinski definition) is 5. The summed E-state index contributed by atoms with van der Waals surface area (Å²) in [5, 5.41) is 0. The number of ether oxygens (including phenoxy) is 3. The van der Waals surface area contributed by atoms with E-state index in [9.17, 15) is 9.59 Å². The molecule has 1 heterocycles. The van der Waals surface area contributed by atoms with Crippen LogP contribution in [-0.2, 0) is 19.1 Å². The van der Waals surface area contributed by atoms with Gasteiger partial charge >= 0.3 is 5.97 Å². The number of nitrogens with zero attached hydrogens (tertiary/aromatic N) is 1. The standard InChI is InChI=1S/C18H21NO5/c1-12-16(18(21)24-4)14(17(20)19(12)9-10-22-2)11-13-7-5-6-8-15(13)23-3/h5-8,11H,9-10H2,1-4H3. The number of esters is 1. The van der Waals surface area contributed by atoms with Crippen molar-refractivity contribution in [2.24, 2.45) is 0 Å². The average molecular weight is 331 g/mol. The highest BCUT2D eigenvalue weighted by molar-refractivity contribution is 6.16. The first-order chi connectivity index (χ1) is 11.5. The van der Waals surface area contributed by atoms with E-state index in [1.807, 2.05) is 18.2 Å². The van der Waals surface area contributed by atoms with Gasteiger partial charge in [-0.2, -0.15) is 0 Å². The summed E-state index contributed by atoms with van der Waals surface area (Å²) in [5.74, 6) is -0.173. The topological polar surface area (TPSA) is 65.1 Å². The van der Waals surface area contributed by atoms with Crippen molar-refractivity contribution >= 4 is 18.0 Å². The Labute approximate surface area is 141 Å². The predicted molar refractivity (Wildman–Crippen MR) is 89.3 cm³/mol. The van der Waals surface area contributed by atoms with Crippen LogP contribution in [0.15, 0.2) is 41.1 Å². The van der Waals surface area contributed by atoms with Crippen LogP contribution < -0.4 is 4.74 Å². The van der Waals surface area contributed by atoms with Gasteiger partial charge in [0, 0.05) is 24.9 Å². The quantitative estimate of drug-likeness (QED) is 0.589. The Morgan fingerprint density at radius 3 is 2.54 bits per heavy atom. The Balaban J connectivity index is 2.52. The average Bonchev–Trinajstić information content (AvgIpc) is 2.83. The molecule has 128 valence electrons. The van der Waals surface area contributed by atoms with Crippen LogP contribution in [0.25, 0.3) is 6.08 Å². The van der Waals surface area contributed by atoms with Crippen LogP contribution in [0.5, 0.6) is 5.75 Å². The van der Waals surface area contributed by atoms with Crippen molar-refractivity contribution in [1.29, 1.82) is 0 Å². The van der Waals surface area contributed by atoms with Crippen molar-refractivity contribution in [1.82, 2.24) is 4.90 Å². The first kappa shape index (κ1) is 17.7. The van der Waals surface area contributed by atoms with Gasteiger partial charge in [0.05, 0.1) is 32.0 Å². The lowest BCUT2D eigenvalue weighted by Gasteiger charge is -2.16. The van der Waals surface area contributed by atoms with Gasteiger partial charge < -0.3 is 19.1 Å². The fourth-order valence-corrected chi connectivity index (χ4v) is 2.62. The van der Waals surface area contributed by atoms with Gasteiger partial charge in [0.25, 0.3) is 5.91 Å². The summed E-state index contributed by atoms with van der Waals surface area (Å²) >= 11 is 0. The third-order valence-corrected chi connectivity index (χ3v) is 3.86. The molecule has 1 amide bonds. The molecule has 0 spiro atoms. The summed E-state index contributed by atoms with van der Waals surface area (Å²) in [5.41, 5.74) is 1.83. The normalized spacial score (nSPS) is 16.1. The van der Waals surface area contributed by atoms with E-state index in [1.54, 1.807) is 33.3 Å². The van der Waals surface area contributed by atoms with E-state index < -0.39 is 5.97 Å². The molecule has 0 N–H and O–H groups in total. The van der Waals surface area contributed by atoms with Crippen molar-refractivity contribution in [2.45, 2.75) is 6.92 Å². The van der Waals surface area contributed by atoms with Gasteiger partial charge in [0.15, 0.2) is 0 Å². The number of carbonyl (C=O) groups excluding carboxylic acids is 2. The molecule has 6 nitrogen and oxygen atoms in total. The highest BCUT2D eigenvalue weighted by Gasteiger charge is 2.36. The smallest absolute Gasteiger partial charge is 0.340 e. The molecule has 0 aromatic heterocycles. The molecule has 1 aliphatic heterocycles. The Kier molecular flexibility index (Phi) is 5.76. The van der Waals surface area contributed by atoms with Gasteiger partial charge in [0.2, 0.25) is 0 Å². The molecule has 24 heavy (non-hydrogen) atoms. The first-order valence-electron chi connectivity index (χ1n) is 7.50. The van der Waals surface area contributed by atoms with E-state index in [0.717, 1.165) is 0 Å². The van der Waals surface area contributed by atoms with E-state index in [-0.39, 0.29) is 11.5 Å². The van der Waals surface area contributed by atoms with Crippen LogP contribution in [0.4, 0.5) is 0 Å². The minimum Gasteiger partial charge on any atom is -0.496 e. The second kappa shape index (κ2) is 7.79. The molecular weight excluding hydrogens is 310 g/mol. The third-order valence-electron chi connectivity index (χ3n) is 3.86. The van der Waals surface area contributed by atoms with Crippen LogP contribution in [0, 0.1) is 0 Å². The Morgan fingerprint density at radius 1 is 1.21 bits per heavy atom. The van der Waals surface area contributed by atoms with Gasteiger partial charge in [-0.15, -0.1) is 0 Å². The van der Waals surface area contributed by atoms with Crippen LogP contribution in [0.3, 0.4) is 0 Å². The maximum absolute atomic E-state index is 12.8. The molecular formula is C18H21NO5. The van der Waals surface area contributed by atoms with Crippen molar-refractivity contribution in [3.63, 3.8) is 0 Å². The van der Waals surface area contributed by atoms with Gasteiger partial charge in [-0.05, 0) is 19.1 Å². The lowest BCUT2D eigenvalue weighted by Crippen LogP contribution is -2.28. The highest BCUT2D eigenvalue weighted by atomic mass is 16.5. The molecule has 0 saturated carbocycles. The number of para-hydroxylation sites is 1. The number of methoxy groups -OCH3 is 3. The van der Waals surface area contributed by atoms with Crippen molar-refractivity contribution < 1.29 is 23.8 Å². The van der Waals surface area contributed by atoms with E-state index in [1.165, 1.54) is 12.0 Å². The second-order valence-corrected chi connectivity index (χ2v) is 5.20. The summed E-state index contributed by atoms with van der Waals surface area (Å²) in [6.07, 6.45) is 1.66. The number of allylic oxidation sites excluding steroid dienone is 1. The number of benzene rings is 1. The van der Waals surface area contributed by atoms with E-state index in [2.05, 4.69) is 0 Å². The lowest BCUT2D eigenvalue weighted by atomic mass is 10.0. The van der Waals surface area contributed by atoms with Crippen LogP contribution in [0.2, 0.25) is 0 Å². The Morgan fingerprint density at radius 2 is 1.92 bits per heavy atom. The number of hydrogen-bond donors (Lipinski definition) is 0. The summed E-state index contributed by atoms with van der Waals surface area (Å²) < 4.78 is 15.2. The molecule has 0 radical (unpaired) electrons. The van der Waals surface area contributed by atoms with Crippen molar-refractivity contribution in [2.75, 3.05) is 34.5 Å². The molecule has 2 rings (SSSR count). The van der Waals surface area contributed by atoms with Crippen LogP contribution in [0.1, 0.15) is 12.5 Å². The van der Waals surface area contributed by atoms with Gasteiger partial charge in [-0.1, -0.05) is 18.2 Å². The summed E-state index contributed by atoms with van der Waals surface area (Å²) in [7, 11) is 4.42. The Hall–Kier alpha value is -2.60. The second-order valence-electron chi connectivity index (χ2n) is 5.20. The lowest BCUT2D eigenvalue weighted by molar-refractivity contribution is -0.136. The first-order valence-corrected chi connectivity index (χ1v) is 7.50. The fourth-order valence-electron chi connectivity index (χ4n) is 2.62.